The minimum atomic E-state index is -0.293. The highest BCUT2D eigenvalue weighted by molar-refractivity contribution is 6.31. The van der Waals surface area contributed by atoms with Crippen molar-refractivity contribution in [1.29, 1.82) is 0 Å². The fraction of sp³-hybridized carbons (Fsp3) is 0.467. The minimum absolute atomic E-state index is 0.215. The number of benzene rings is 1. The maximum Gasteiger partial charge on any atom is 0.138 e. The number of aryl methyl sites for hydroxylation is 1. The van der Waals surface area contributed by atoms with Gasteiger partial charge in [0.05, 0.1) is 0 Å². The normalized spacial score (nSPS) is 12.6. The molecule has 0 bridgehead atoms. The summed E-state index contributed by atoms with van der Waals surface area (Å²) in [4.78, 5) is 4.27. The lowest BCUT2D eigenvalue weighted by Gasteiger charge is -2.20. The number of nitrogens with one attached hydrogen (secondary N) is 1. The Bertz CT molecular complexity index is 565. The molecule has 0 aliphatic carbocycles. The Morgan fingerprint density at radius 1 is 1.38 bits per heavy atom. The molecule has 1 N–H and O–H groups in total. The molecule has 0 radical (unpaired) electrons. The van der Waals surface area contributed by atoms with Gasteiger partial charge in [0.1, 0.15) is 18.0 Å². The third-order valence-corrected chi connectivity index (χ3v) is 3.70. The van der Waals surface area contributed by atoms with Gasteiger partial charge < -0.3 is 5.32 Å². The van der Waals surface area contributed by atoms with E-state index in [9.17, 15) is 4.39 Å². The fourth-order valence-electron chi connectivity index (χ4n) is 2.33. The second kappa shape index (κ2) is 7.52. The molecule has 1 heterocycles. The molecule has 0 aliphatic heterocycles. The second-order valence-corrected chi connectivity index (χ2v) is 5.25. The Morgan fingerprint density at radius 3 is 2.86 bits per heavy atom. The molecule has 0 saturated heterocycles. The molecular formula is C15H20ClFN4. The van der Waals surface area contributed by atoms with Crippen LogP contribution in [0.5, 0.6) is 0 Å². The highest BCUT2D eigenvalue weighted by Crippen LogP contribution is 2.28. The summed E-state index contributed by atoms with van der Waals surface area (Å²) < 4.78 is 16.0. The van der Waals surface area contributed by atoms with Gasteiger partial charge in [0.2, 0.25) is 0 Å². The van der Waals surface area contributed by atoms with Crippen molar-refractivity contribution in [2.45, 2.75) is 39.3 Å². The summed E-state index contributed by atoms with van der Waals surface area (Å²) in [5.74, 6) is 0.532. The van der Waals surface area contributed by atoms with Crippen molar-refractivity contribution in [2.75, 3.05) is 6.54 Å². The second-order valence-electron chi connectivity index (χ2n) is 4.84. The van der Waals surface area contributed by atoms with Gasteiger partial charge in [-0.3, -0.25) is 4.68 Å². The quantitative estimate of drug-likeness (QED) is 0.852. The summed E-state index contributed by atoms with van der Waals surface area (Å²) in [7, 11) is 0. The lowest BCUT2D eigenvalue weighted by Crippen LogP contribution is -2.26. The fourth-order valence-corrected chi connectivity index (χ4v) is 2.63. The van der Waals surface area contributed by atoms with Crippen LogP contribution in [0.2, 0.25) is 5.02 Å². The molecule has 0 saturated carbocycles. The van der Waals surface area contributed by atoms with Crippen molar-refractivity contribution in [3.63, 3.8) is 0 Å². The van der Waals surface area contributed by atoms with E-state index >= 15 is 0 Å². The van der Waals surface area contributed by atoms with Crippen LogP contribution in [-0.2, 0) is 13.0 Å². The first-order valence-electron chi connectivity index (χ1n) is 7.21. The first-order valence-corrected chi connectivity index (χ1v) is 7.59. The number of aromatic nitrogens is 3. The van der Waals surface area contributed by atoms with E-state index in [1.54, 1.807) is 12.1 Å². The van der Waals surface area contributed by atoms with Crippen LogP contribution in [0.25, 0.3) is 0 Å². The van der Waals surface area contributed by atoms with Gasteiger partial charge in [-0.15, -0.1) is 0 Å². The summed E-state index contributed by atoms with van der Waals surface area (Å²) in [5, 5.41) is 7.95. The highest BCUT2D eigenvalue weighted by Gasteiger charge is 2.21. The molecule has 1 unspecified atom stereocenters. The average Bonchev–Trinajstić information content (AvgIpc) is 2.91. The van der Waals surface area contributed by atoms with Crippen LogP contribution in [0.1, 0.15) is 37.7 Å². The van der Waals surface area contributed by atoms with Crippen molar-refractivity contribution in [3.05, 3.63) is 46.8 Å². The average molecular weight is 311 g/mol. The Morgan fingerprint density at radius 2 is 2.19 bits per heavy atom. The number of halogens is 2. The molecule has 114 valence electrons. The Kier molecular flexibility index (Phi) is 5.70. The SMILES string of the molecule is CCCNC(Cc1ncnn1CC)c1c(F)cccc1Cl. The van der Waals surface area contributed by atoms with Gasteiger partial charge in [0, 0.05) is 29.6 Å². The molecule has 2 rings (SSSR count). The minimum Gasteiger partial charge on any atom is -0.309 e. The summed E-state index contributed by atoms with van der Waals surface area (Å²) in [5.41, 5.74) is 0.498. The third kappa shape index (κ3) is 3.80. The van der Waals surface area contributed by atoms with Crippen molar-refractivity contribution < 1.29 is 4.39 Å². The Labute approximate surface area is 129 Å². The Hall–Kier alpha value is -1.46. The van der Waals surface area contributed by atoms with E-state index < -0.39 is 0 Å². The lowest BCUT2D eigenvalue weighted by atomic mass is 10.0. The van der Waals surface area contributed by atoms with Crippen LogP contribution >= 0.6 is 11.6 Å². The number of nitrogens with zero attached hydrogens (tertiary/aromatic N) is 3. The molecule has 1 atom stereocenters. The summed E-state index contributed by atoms with van der Waals surface area (Å²) >= 11 is 6.19. The number of hydrogen-bond acceptors (Lipinski definition) is 3. The van der Waals surface area contributed by atoms with Crippen LogP contribution in [-0.4, -0.2) is 21.3 Å². The smallest absolute Gasteiger partial charge is 0.138 e. The van der Waals surface area contributed by atoms with Crippen LogP contribution in [0, 0.1) is 5.82 Å². The predicted octanol–water partition coefficient (Wildman–Crippen LogP) is 3.37. The van der Waals surface area contributed by atoms with Gasteiger partial charge in [-0.25, -0.2) is 9.37 Å². The summed E-state index contributed by atoms with van der Waals surface area (Å²) in [6.45, 7) is 5.60. The topological polar surface area (TPSA) is 42.7 Å². The van der Waals surface area contributed by atoms with E-state index in [4.69, 9.17) is 11.6 Å². The van der Waals surface area contributed by atoms with Crippen LogP contribution < -0.4 is 5.32 Å². The molecule has 0 spiro atoms. The van der Waals surface area contributed by atoms with Crippen molar-refractivity contribution in [2.24, 2.45) is 0 Å². The van der Waals surface area contributed by atoms with E-state index in [-0.39, 0.29) is 11.9 Å². The zero-order valence-electron chi connectivity index (χ0n) is 12.3. The first-order chi connectivity index (χ1) is 10.2. The van der Waals surface area contributed by atoms with E-state index in [1.165, 1.54) is 12.4 Å². The third-order valence-electron chi connectivity index (χ3n) is 3.37. The lowest BCUT2D eigenvalue weighted by molar-refractivity contribution is 0.475. The van der Waals surface area contributed by atoms with E-state index in [0.717, 1.165) is 25.3 Å². The van der Waals surface area contributed by atoms with Crippen LogP contribution in [0.3, 0.4) is 0 Å². The monoisotopic (exact) mass is 310 g/mol. The molecule has 21 heavy (non-hydrogen) atoms. The van der Waals surface area contributed by atoms with Gasteiger partial charge in [0.15, 0.2) is 0 Å². The number of hydrogen-bond donors (Lipinski definition) is 1. The summed E-state index contributed by atoms with van der Waals surface area (Å²) in [6, 6.07) is 4.55. The molecule has 1 aromatic heterocycles. The molecule has 0 amide bonds. The molecule has 1 aromatic carbocycles. The van der Waals surface area contributed by atoms with Crippen molar-refractivity contribution in [1.82, 2.24) is 20.1 Å². The van der Waals surface area contributed by atoms with Gasteiger partial charge >= 0.3 is 0 Å². The molecule has 6 heteroatoms. The van der Waals surface area contributed by atoms with Crippen molar-refractivity contribution >= 4 is 11.6 Å². The number of rotatable bonds is 7. The first kappa shape index (κ1) is 15.9. The zero-order valence-corrected chi connectivity index (χ0v) is 13.1. The molecule has 0 aliphatic rings. The highest BCUT2D eigenvalue weighted by atomic mass is 35.5. The standard InChI is InChI=1S/C15H20ClFN4/c1-3-8-18-13(9-14-19-10-20-21(14)4-2)15-11(16)6-5-7-12(15)17/h5-7,10,13,18H,3-4,8-9H2,1-2H3. The van der Waals surface area contributed by atoms with E-state index in [2.05, 4.69) is 22.3 Å². The molecule has 4 nitrogen and oxygen atoms in total. The molecule has 2 aromatic rings. The van der Waals surface area contributed by atoms with Crippen LogP contribution in [0.4, 0.5) is 4.39 Å². The van der Waals surface area contributed by atoms with Crippen LogP contribution in [0.15, 0.2) is 24.5 Å². The Balaban J connectivity index is 2.30. The van der Waals surface area contributed by atoms with Crippen molar-refractivity contribution in [3.8, 4) is 0 Å². The van der Waals surface area contributed by atoms with E-state index in [0.29, 0.717) is 17.0 Å². The van der Waals surface area contributed by atoms with Gasteiger partial charge in [-0.05, 0) is 32.0 Å². The maximum absolute atomic E-state index is 14.2. The van der Waals surface area contributed by atoms with Gasteiger partial charge in [-0.2, -0.15) is 5.10 Å². The van der Waals surface area contributed by atoms with Gasteiger partial charge in [-0.1, -0.05) is 24.6 Å². The molecule has 0 fully saturated rings. The molecular weight excluding hydrogens is 291 g/mol. The summed E-state index contributed by atoms with van der Waals surface area (Å²) in [6.07, 6.45) is 3.04. The zero-order chi connectivity index (χ0) is 15.2. The maximum atomic E-state index is 14.2. The van der Waals surface area contributed by atoms with Gasteiger partial charge in [0.25, 0.3) is 0 Å². The largest absolute Gasteiger partial charge is 0.309 e. The van der Waals surface area contributed by atoms with E-state index in [1.807, 2.05) is 11.6 Å². The predicted molar refractivity (Wildman–Crippen MR) is 81.8 cm³/mol.